The van der Waals surface area contributed by atoms with Crippen molar-refractivity contribution in [1.82, 2.24) is 0 Å². The summed E-state index contributed by atoms with van der Waals surface area (Å²) in [5, 5.41) is 0. The molecular weight excluding hydrogens is 150 g/mol. The van der Waals surface area contributed by atoms with Crippen molar-refractivity contribution in [3.8, 4) is 0 Å². The molecule has 0 aliphatic carbocycles. The number of hydrogen-bond donors (Lipinski definition) is 0. The Morgan fingerprint density at radius 1 is 1.58 bits per heavy atom. The van der Waals surface area contributed by atoms with Crippen molar-refractivity contribution < 1.29 is 4.74 Å². The largest absolute Gasteiger partial charge is 0.444 e. The highest BCUT2D eigenvalue weighted by atomic mass is 16.5. The molecule has 0 bridgehead atoms. The monoisotopic (exact) mass is 165 g/mol. The van der Waals surface area contributed by atoms with Gasteiger partial charge in [0.1, 0.15) is 5.76 Å². The first kappa shape index (κ1) is 10.7. The first-order chi connectivity index (χ1) is 5.70. The maximum Gasteiger partial charge on any atom is 0.186 e. The lowest BCUT2D eigenvalue weighted by Gasteiger charge is -2.02. The van der Waals surface area contributed by atoms with Crippen molar-refractivity contribution in [2.75, 3.05) is 6.54 Å². The molecule has 0 radical (unpaired) electrons. The van der Waals surface area contributed by atoms with E-state index in [1.54, 1.807) is 25.2 Å². The Kier molecular flexibility index (Phi) is 5.70. The van der Waals surface area contributed by atoms with Gasteiger partial charge in [-0.25, -0.2) is 0 Å². The van der Waals surface area contributed by atoms with E-state index in [-0.39, 0.29) is 0 Å². The molecule has 2 nitrogen and oxygen atoms in total. The van der Waals surface area contributed by atoms with E-state index in [1.165, 1.54) is 0 Å². The standard InChI is InChI=1S/C10H15NO/c1-5-7-8-9(3)12-10(4)11-6-2/h5,7-8H,1,3,6H2,2,4H3/b8-7-,11-10-. The van der Waals surface area contributed by atoms with Gasteiger partial charge in [0.05, 0.1) is 0 Å². The predicted octanol–water partition coefficient (Wildman–Crippen LogP) is 2.70. The molecule has 0 rings (SSSR count). The molecule has 12 heavy (non-hydrogen) atoms. The summed E-state index contributed by atoms with van der Waals surface area (Å²) < 4.78 is 5.21. The minimum absolute atomic E-state index is 0.574. The summed E-state index contributed by atoms with van der Waals surface area (Å²) in [6.07, 6.45) is 5.17. The molecule has 0 aliphatic heterocycles. The molecule has 0 atom stereocenters. The van der Waals surface area contributed by atoms with E-state index < -0.39 is 0 Å². The highest BCUT2D eigenvalue weighted by Gasteiger charge is 1.91. The summed E-state index contributed by atoms with van der Waals surface area (Å²) >= 11 is 0. The van der Waals surface area contributed by atoms with E-state index in [0.29, 0.717) is 11.7 Å². The summed E-state index contributed by atoms with van der Waals surface area (Å²) in [5.74, 6) is 1.21. The van der Waals surface area contributed by atoms with Crippen molar-refractivity contribution in [3.63, 3.8) is 0 Å². The van der Waals surface area contributed by atoms with Gasteiger partial charge in [-0.1, -0.05) is 25.3 Å². The highest BCUT2D eigenvalue weighted by Crippen LogP contribution is 1.97. The van der Waals surface area contributed by atoms with E-state index in [0.717, 1.165) is 6.54 Å². The molecule has 0 aromatic carbocycles. The summed E-state index contributed by atoms with van der Waals surface area (Å²) in [6, 6.07) is 0. The van der Waals surface area contributed by atoms with E-state index in [9.17, 15) is 0 Å². The third-order valence-electron chi connectivity index (χ3n) is 1.08. The first-order valence-electron chi connectivity index (χ1n) is 3.87. The molecule has 0 aromatic rings. The van der Waals surface area contributed by atoms with Gasteiger partial charge in [0, 0.05) is 13.5 Å². The van der Waals surface area contributed by atoms with Crippen LogP contribution >= 0.6 is 0 Å². The zero-order valence-electron chi connectivity index (χ0n) is 7.71. The van der Waals surface area contributed by atoms with Crippen LogP contribution in [0, 0.1) is 0 Å². The van der Waals surface area contributed by atoms with E-state index in [4.69, 9.17) is 4.74 Å². The van der Waals surface area contributed by atoms with Crippen molar-refractivity contribution in [2.24, 2.45) is 4.99 Å². The Bertz CT molecular complexity index is 214. The van der Waals surface area contributed by atoms with Crippen LogP contribution in [0.1, 0.15) is 13.8 Å². The van der Waals surface area contributed by atoms with Gasteiger partial charge in [-0.3, -0.25) is 4.99 Å². The zero-order valence-corrected chi connectivity index (χ0v) is 7.71. The quantitative estimate of drug-likeness (QED) is 0.271. The number of rotatable bonds is 4. The van der Waals surface area contributed by atoms with Crippen LogP contribution in [0.2, 0.25) is 0 Å². The van der Waals surface area contributed by atoms with Gasteiger partial charge >= 0.3 is 0 Å². The predicted molar refractivity (Wildman–Crippen MR) is 53.2 cm³/mol. The Morgan fingerprint density at radius 2 is 2.25 bits per heavy atom. The van der Waals surface area contributed by atoms with Gasteiger partial charge in [0.15, 0.2) is 5.90 Å². The number of hydrogen-bond acceptors (Lipinski definition) is 2. The second kappa shape index (κ2) is 6.40. The van der Waals surface area contributed by atoms with Crippen LogP contribution in [0.15, 0.2) is 42.1 Å². The highest BCUT2D eigenvalue weighted by molar-refractivity contribution is 5.74. The van der Waals surface area contributed by atoms with E-state index in [2.05, 4.69) is 18.2 Å². The van der Waals surface area contributed by atoms with Gasteiger partial charge in [-0.15, -0.1) is 0 Å². The SMILES string of the molecule is C=C/C=C\C(=C)O/C(C)=N\CC. The number of allylic oxidation sites excluding steroid dienone is 3. The molecule has 0 saturated heterocycles. The minimum Gasteiger partial charge on any atom is -0.444 e. The average molecular weight is 165 g/mol. The molecule has 0 saturated carbocycles. The van der Waals surface area contributed by atoms with Crippen molar-refractivity contribution in [1.29, 1.82) is 0 Å². The normalized spacial score (nSPS) is 11.7. The Morgan fingerprint density at radius 3 is 2.75 bits per heavy atom. The topological polar surface area (TPSA) is 21.6 Å². The fourth-order valence-corrected chi connectivity index (χ4v) is 0.654. The number of aliphatic imine (C=N–C) groups is 1. The molecule has 0 aliphatic rings. The van der Waals surface area contributed by atoms with Crippen LogP contribution in [0.3, 0.4) is 0 Å². The van der Waals surface area contributed by atoms with Crippen LogP contribution in [0.4, 0.5) is 0 Å². The number of ether oxygens (including phenoxy) is 1. The third kappa shape index (κ3) is 5.47. The average Bonchev–Trinajstić information content (AvgIpc) is 2.01. The maximum absolute atomic E-state index is 5.21. The Balaban J connectivity index is 3.92. The number of nitrogens with zero attached hydrogens (tertiary/aromatic N) is 1. The van der Waals surface area contributed by atoms with E-state index >= 15 is 0 Å². The van der Waals surface area contributed by atoms with Crippen LogP contribution in [0.5, 0.6) is 0 Å². The van der Waals surface area contributed by atoms with Gasteiger partial charge in [0.2, 0.25) is 0 Å². The van der Waals surface area contributed by atoms with Gasteiger partial charge in [-0.05, 0) is 13.0 Å². The lowest BCUT2D eigenvalue weighted by atomic mass is 10.4. The maximum atomic E-state index is 5.21. The third-order valence-corrected chi connectivity index (χ3v) is 1.08. The second-order valence-electron chi connectivity index (χ2n) is 2.16. The minimum atomic E-state index is 0.574. The molecule has 0 fully saturated rings. The molecule has 0 unspecified atom stereocenters. The molecule has 0 spiro atoms. The van der Waals surface area contributed by atoms with Crippen molar-refractivity contribution >= 4 is 5.90 Å². The summed E-state index contributed by atoms with van der Waals surface area (Å²) in [4.78, 5) is 4.05. The summed E-state index contributed by atoms with van der Waals surface area (Å²) in [7, 11) is 0. The zero-order chi connectivity index (χ0) is 9.40. The summed E-state index contributed by atoms with van der Waals surface area (Å²) in [5.41, 5.74) is 0. The molecule has 0 amide bonds. The van der Waals surface area contributed by atoms with E-state index in [1.807, 2.05) is 6.92 Å². The van der Waals surface area contributed by atoms with Crippen LogP contribution < -0.4 is 0 Å². The fourth-order valence-electron chi connectivity index (χ4n) is 0.654. The molecular formula is C10H15NO. The second-order valence-corrected chi connectivity index (χ2v) is 2.16. The van der Waals surface area contributed by atoms with Crippen LogP contribution in [0.25, 0.3) is 0 Å². The molecule has 66 valence electrons. The first-order valence-corrected chi connectivity index (χ1v) is 3.87. The Labute approximate surface area is 74.0 Å². The molecule has 0 N–H and O–H groups in total. The molecule has 0 aromatic heterocycles. The smallest absolute Gasteiger partial charge is 0.186 e. The van der Waals surface area contributed by atoms with Crippen LogP contribution in [-0.2, 0) is 4.74 Å². The summed E-state index contributed by atoms with van der Waals surface area (Å²) in [6.45, 7) is 11.7. The molecule has 2 heteroatoms. The van der Waals surface area contributed by atoms with Crippen molar-refractivity contribution in [2.45, 2.75) is 13.8 Å². The van der Waals surface area contributed by atoms with Crippen molar-refractivity contribution in [3.05, 3.63) is 37.1 Å². The van der Waals surface area contributed by atoms with Crippen LogP contribution in [-0.4, -0.2) is 12.4 Å². The lowest BCUT2D eigenvalue weighted by Crippen LogP contribution is -1.97. The van der Waals surface area contributed by atoms with Gasteiger partial charge in [-0.2, -0.15) is 0 Å². The van der Waals surface area contributed by atoms with Gasteiger partial charge in [0.25, 0.3) is 0 Å². The van der Waals surface area contributed by atoms with Gasteiger partial charge < -0.3 is 4.74 Å². The Hall–Kier alpha value is -1.31. The molecule has 0 heterocycles. The fraction of sp³-hybridized carbons (Fsp3) is 0.300. The lowest BCUT2D eigenvalue weighted by molar-refractivity contribution is 0.431.